The van der Waals surface area contributed by atoms with E-state index in [0.717, 1.165) is 23.5 Å². The van der Waals surface area contributed by atoms with Crippen molar-refractivity contribution in [2.75, 3.05) is 13.7 Å². The van der Waals surface area contributed by atoms with Crippen LogP contribution in [-0.2, 0) is 26.7 Å². The molecule has 3 aromatic rings. The number of benzene rings is 2. The number of nitrogens with one attached hydrogen (secondary N) is 2. The van der Waals surface area contributed by atoms with Crippen LogP contribution in [0.4, 0.5) is 0 Å². The largest absolute Gasteiger partial charge is 0.493 e. The predicted molar refractivity (Wildman–Crippen MR) is 116 cm³/mol. The van der Waals surface area contributed by atoms with Crippen LogP contribution >= 0.6 is 0 Å². The fourth-order valence-electron chi connectivity index (χ4n) is 2.82. The average Bonchev–Trinajstić information content (AvgIpc) is 3.19. The van der Waals surface area contributed by atoms with Crippen molar-refractivity contribution in [1.29, 1.82) is 0 Å². The first-order valence-electron chi connectivity index (χ1n) is 9.88. The second-order valence-corrected chi connectivity index (χ2v) is 6.61. The van der Waals surface area contributed by atoms with Crippen molar-refractivity contribution >= 4 is 5.96 Å². The van der Waals surface area contributed by atoms with Gasteiger partial charge in [0.05, 0.1) is 20.2 Å². The zero-order valence-electron chi connectivity index (χ0n) is 17.6. The summed E-state index contributed by atoms with van der Waals surface area (Å²) in [5, 5.41) is 10.6. The van der Waals surface area contributed by atoms with E-state index in [1.807, 2.05) is 62.5 Å². The molecule has 0 aliphatic carbocycles. The molecule has 2 N–H and O–H groups in total. The lowest BCUT2D eigenvalue weighted by molar-refractivity contribution is 0.284. The van der Waals surface area contributed by atoms with Gasteiger partial charge in [-0.05, 0) is 30.2 Å². The molecule has 30 heavy (non-hydrogen) atoms. The van der Waals surface area contributed by atoms with E-state index in [0.29, 0.717) is 37.2 Å². The van der Waals surface area contributed by atoms with Gasteiger partial charge in [-0.3, -0.25) is 4.68 Å². The van der Waals surface area contributed by atoms with E-state index >= 15 is 0 Å². The van der Waals surface area contributed by atoms with Gasteiger partial charge < -0.3 is 20.1 Å². The standard InChI is InChI=1S/C22H28N6O2/c1-4-23-22(25-14-21-26-16-27-28(21)2)24-13-18-10-11-19(20(12-18)29-3)30-15-17-8-6-5-7-9-17/h5-12,16H,4,13-15H2,1-3H3,(H2,23,24,25). The number of guanidine groups is 1. The topological polar surface area (TPSA) is 85.6 Å². The third-order valence-electron chi connectivity index (χ3n) is 4.45. The number of rotatable bonds is 9. The molecule has 0 spiro atoms. The summed E-state index contributed by atoms with van der Waals surface area (Å²) in [6, 6.07) is 15.9. The van der Waals surface area contributed by atoms with Crippen LogP contribution in [0.2, 0.25) is 0 Å². The molecule has 0 atom stereocenters. The van der Waals surface area contributed by atoms with Crippen LogP contribution < -0.4 is 20.1 Å². The van der Waals surface area contributed by atoms with Crippen molar-refractivity contribution in [2.24, 2.45) is 12.0 Å². The van der Waals surface area contributed by atoms with Gasteiger partial charge in [0.25, 0.3) is 0 Å². The molecule has 0 unspecified atom stereocenters. The zero-order chi connectivity index (χ0) is 21.2. The minimum atomic E-state index is 0.491. The van der Waals surface area contributed by atoms with Crippen molar-refractivity contribution in [2.45, 2.75) is 26.6 Å². The summed E-state index contributed by atoms with van der Waals surface area (Å²) in [5.74, 6) is 2.95. The number of aryl methyl sites for hydroxylation is 1. The maximum atomic E-state index is 5.92. The second kappa shape index (κ2) is 10.8. The van der Waals surface area contributed by atoms with Crippen molar-refractivity contribution < 1.29 is 9.47 Å². The summed E-state index contributed by atoms with van der Waals surface area (Å²) >= 11 is 0. The molecule has 2 aromatic carbocycles. The average molecular weight is 409 g/mol. The fourth-order valence-corrected chi connectivity index (χ4v) is 2.82. The quantitative estimate of drug-likeness (QED) is 0.418. The Morgan fingerprint density at radius 1 is 1.07 bits per heavy atom. The maximum Gasteiger partial charge on any atom is 0.191 e. The van der Waals surface area contributed by atoms with Gasteiger partial charge in [0.2, 0.25) is 0 Å². The Labute approximate surface area is 177 Å². The van der Waals surface area contributed by atoms with Crippen molar-refractivity contribution in [3.05, 3.63) is 71.8 Å². The Balaban J connectivity index is 1.63. The van der Waals surface area contributed by atoms with Crippen LogP contribution in [-0.4, -0.2) is 34.4 Å². The molecule has 0 bridgehead atoms. The van der Waals surface area contributed by atoms with Crippen molar-refractivity contribution in [3.63, 3.8) is 0 Å². The SMILES string of the molecule is CCNC(=NCc1ccc(OCc2ccccc2)c(OC)c1)NCc1ncnn1C. The monoisotopic (exact) mass is 408 g/mol. The van der Waals surface area contributed by atoms with E-state index < -0.39 is 0 Å². The number of nitrogens with zero attached hydrogens (tertiary/aromatic N) is 4. The highest BCUT2D eigenvalue weighted by atomic mass is 16.5. The van der Waals surface area contributed by atoms with Crippen LogP contribution in [0.25, 0.3) is 0 Å². The molecule has 0 saturated heterocycles. The van der Waals surface area contributed by atoms with E-state index in [9.17, 15) is 0 Å². The van der Waals surface area contributed by atoms with Gasteiger partial charge in [-0.15, -0.1) is 0 Å². The Morgan fingerprint density at radius 3 is 2.60 bits per heavy atom. The van der Waals surface area contributed by atoms with Gasteiger partial charge in [0, 0.05) is 13.6 Å². The molecule has 158 valence electrons. The van der Waals surface area contributed by atoms with Crippen molar-refractivity contribution in [1.82, 2.24) is 25.4 Å². The molecule has 1 heterocycles. The smallest absolute Gasteiger partial charge is 0.191 e. The molecule has 8 heteroatoms. The number of methoxy groups -OCH3 is 1. The highest BCUT2D eigenvalue weighted by Gasteiger charge is 2.07. The third-order valence-corrected chi connectivity index (χ3v) is 4.45. The maximum absolute atomic E-state index is 5.92. The molecule has 1 aromatic heterocycles. The molecule has 0 aliphatic heterocycles. The van der Waals surface area contributed by atoms with Gasteiger partial charge in [-0.25, -0.2) is 9.98 Å². The molecular weight excluding hydrogens is 380 g/mol. The minimum Gasteiger partial charge on any atom is -0.493 e. The third kappa shape index (κ3) is 5.97. The first-order chi connectivity index (χ1) is 14.7. The molecule has 0 radical (unpaired) electrons. The second-order valence-electron chi connectivity index (χ2n) is 6.61. The summed E-state index contributed by atoms with van der Waals surface area (Å²) in [4.78, 5) is 8.87. The molecule has 0 saturated carbocycles. The summed E-state index contributed by atoms with van der Waals surface area (Å²) in [6.45, 7) is 4.33. The first-order valence-corrected chi connectivity index (χ1v) is 9.88. The lowest BCUT2D eigenvalue weighted by Crippen LogP contribution is -2.37. The van der Waals surface area contributed by atoms with Gasteiger partial charge in [0.15, 0.2) is 17.5 Å². The van der Waals surface area contributed by atoms with Crippen LogP contribution in [0, 0.1) is 0 Å². The summed E-state index contributed by atoms with van der Waals surface area (Å²) < 4.78 is 13.2. The van der Waals surface area contributed by atoms with Crippen LogP contribution in [0.3, 0.4) is 0 Å². The molecule has 8 nitrogen and oxygen atoms in total. The van der Waals surface area contributed by atoms with Gasteiger partial charge >= 0.3 is 0 Å². The number of ether oxygens (including phenoxy) is 2. The van der Waals surface area contributed by atoms with Gasteiger partial charge in [0.1, 0.15) is 18.8 Å². The molecule has 0 fully saturated rings. The molecule has 3 rings (SSSR count). The Hall–Kier alpha value is -3.55. The van der Waals surface area contributed by atoms with Crippen LogP contribution in [0.1, 0.15) is 23.9 Å². The number of aliphatic imine (C=N–C) groups is 1. The predicted octanol–water partition coefficient (Wildman–Crippen LogP) is 2.66. The highest BCUT2D eigenvalue weighted by Crippen LogP contribution is 2.29. The van der Waals surface area contributed by atoms with Crippen LogP contribution in [0.15, 0.2) is 59.9 Å². The van der Waals surface area contributed by atoms with E-state index in [4.69, 9.17) is 9.47 Å². The number of hydrogen-bond donors (Lipinski definition) is 2. The van der Waals surface area contributed by atoms with Gasteiger partial charge in [-0.1, -0.05) is 36.4 Å². The molecule has 0 aliphatic rings. The fraction of sp³-hybridized carbons (Fsp3) is 0.318. The highest BCUT2D eigenvalue weighted by molar-refractivity contribution is 5.79. The number of hydrogen-bond acceptors (Lipinski definition) is 5. The summed E-state index contributed by atoms with van der Waals surface area (Å²) in [5.41, 5.74) is 2.13. The Bertz CT molecular complexity index is 955. The van der Waals surface area contributed by atoms with Crippen molar-refractivity contribution in [3.8, 4) is 11.5 Å². The number of aromatic nitrogens is 3. The van der Waals surface area contributed by atoms with E-state index in [2.05, 4.69) is 25.7 Å². The lowest BCUT2D eigenvalue weighted by Gasteiger charge is -2.13. The minimum absolute atomic E-state index is 0.491. The molecule has 0 amide bonds. The summed E-state index contributed by atoms with van der Waals surface area (Å²) in [7, 11) is 3.51. The van der Waals surface area contributed by atoms with E-state index in [1.165, 1.54) is 6.33 Å². The Kier molecular flexibility index (Phi) is 7.65. The summed E-state index contributed by atoms with van der Waals surface area (Å²) in [6.07, 6.45) is 1.54. The van der Waals surface area contributed by atoms with Crippen LogP contribution in [0.5, 0.6) is 11.5 Å². The lowest BCUT2D eigenvalue weighted by atomic mass is 10.2. The van der Waals surface area contributed by atoms with E-state index in [-0.39, 0.29) is 0 Å². The van der Waals surface area contributed by atoms with E-state index in [1.54, 1.807) is 11.8 Å². The normalized spacial score (nSPS) is 11.2. The van der Waals surface area contributed by atoms with Gasteiger partial charge in [-0.2, -0.15) is 5.10 Å². The zero-order valence-corrected chi connectivity index (χ0v) is 17.6. The first kappa shape index (κ1) is 21.2. The Morgan fingerprint density at radius 2 is 1.90 bits per heavy atom. The molecular formula is C22H28N6O2.